The highest BCUT2D eigenvalue weighted by molar-refractivity contribution is 6.32. The van der Waals surface area contributed by atoms with Gasteiger partial charge in [-0.3, -0.25) is 9.36 Å². The van der Waals surface area contributed by atoms with Crippen molar-refractivity contribution in [1.29, 1.82) is 0 Å². The first kappa shape index (κ1) is 16.0. The summed E-state index contributed by atoms with van der Waals surface area (Å²) in [6, 6.07) is 10.7. The fourth-order valence-electron chi connectivity index (χ4n) is 2.14. The summed E-state index contributed by atoms with van der Waals surface area (Å²) in [4.78, 5) is 20.3. The lowest BCUT2D eigenvalue weighted by Gasteiger charge is -2.11. The van der Waals surface area contributed by atoms with E-state index in [4.69, 9.17) is 16.3 Å². The van der Waals surface area contributed by atoms with Crippen LogP contribution >= 0.6 is 11.6 Å². The molecule has 3 aromatic rings. The molecule has 24 heavy (non-hydrogen) atoms. The summed E-state index contributed by atoms with van der Waals surface area (Å²) in [5.74, 6) is 0.965. The van der Waals surface area contributed by atoms with Crippen LogP contribution in [0.1, 0.15) is 5.56 Å². The number of nitrogens with one attached hydrogen (secondary N) is 1. The SMILES string of the molecule is O=C(COc1ccccc1Cl)NCc1cccnc1-n1ccnc1. The maximum absolute atomic E-state index is 12.0. The molecule has 0 radical (unpaired) electrons. The Bertz CT molecular complexity index is 821. The number of nitrogens with zero attached hydrogens (tertiary/aromatic N) is 3. The molecule has 0 saturated carbocycles. The lowest BCUT2D eigenvalue weighted by molar-refractivity contribution is -0.123. The van der Waals surface area contributed by atoms with Gasteiger partial charge in [-0.2, -0.15) is 0 Å². The van der Waals surface area contributed by atoms with Gasteiger partial charge in [0.25, 0.3) is 5.91 Å². The number of carbonyl (C=O) groups excluding carboxylic acids is 1. The van der Waals surface area contributed by atoms with Crippen LogP contribution in [-0.4, -0.2) is 27.0 Å². The van der Waals surface area contributed by atoms with Crippen molar-refractivity contribution >= 4 is 17.5 Å². The van der Waals surface area contributed by atoms with E-state index in [0.29, 0.717) is 17.3 Å². The van der Waals surface area contributed by atoms with Crippen molar-refractivity contribution in [3.05, 3.63) is 71.9 Å². The Morgan fingerprint density at radius 2 is 2.08 bits per heavy atom. The lowest BCUT2D eigenvalue weighted by atomic mass is 10.2. The quantitative estimate of drug-likeness (QED) is 0.747. The predicted molar refractivity (Wildman–Crippen MR) is 90.2 cm³/mol. The van der Waals surface area contributed by atoms with E-state index in [9.17, 15) is 4.79 Å². The predicted octanol–water partition coefficient (Wildman–Crippen LogP) is 2.62. The van der Waals surface area contributed by atoms with Crippen LogP contribution in [0.4, 0.5) is 0 Å². The summed E-state index contributed by atoms with van der Waals surface area (Å²) in [5, 5.41) is 3.28. The molecule has 2 heterocycles. The number of hydrogen-bond donors (Lipinski definition) is 1. The Hall–Kier alpha value is -2.86. The molecule has 3 rings (SSSR count). The number of carbonyl (C=O) groups is 1. The second-order valence-electron chi connectivity index (χ2n) is 4.95. The molecule has 0 aliphatic rings. The molecule has 0 aliphatic carbocycles. The zero-order chi connectivity index (χ0) is 16.8. The number of aromatic nitrogens is 3. The van der Waals surface area contributed by atoms with Gasteiger partial charge < -0.3 is 10.1 Å². The highest BCUT2D eigenvalue weighted by Crippen LogP contribution is 2.22. The van der Waals surface area contributed by atoms with Gasteiger partial charge in [0.2, 0.25) is 0 Å². The van der Waals surface area contributed by atoms with Gasteiger partial charge in [-0.05, 0) is 18.2 Å². The van der Waals surface area contributed by atoms with Crippen molar-refractivity contribution in [1.82, 2.24) is 19.9 Å². The van der Waals surface area contributed by atoms with Crippen LogP contribution in [0.2, 0.25) is 5.02 Å². The molecular weight excluding hydrogens is 328 g/mol. The summed E-state index contributed by atoms with van der Waals surface area (Å²) < 4.78 is 7.21. The molecule has 0 saturated heterocycles. The third kappa shape index (κ3) is 3.91. The van der Waals surface area contributed by atoms with Crippen LogP contribution in [0, 0.1) is 0 Å². The van der Waals surface area contributed by atoms with Gasteiger partial charge in [-0.25, -0.2) is 9.97 Å². The van der Waals surface area contributed by atoms with Gasteiger partial charge in [0.05, 0.1) is 5.02 Å². The topological polar surface area (TPSA) is 69.0 Å². The molecule has 0 atom stereocenters. The fourth-order valence-corrected chi connectivity index (χ4v) is 2.33. The monoisotopic (exact) mass is 342 g/mol. The molecule has 6 nitrogen and oxygen atoms in total. The van der Waals surface area contributed by atoms with Gasteiger partial charge in [-0.1, -0.05) is 29.8 Å². The minimum atomic E-state index is -0.240. The van der Waals surface area contributed by atoms with Crippen LogP contribution in [-0.2, 0) is 11.3 Å². The van der Waals surface area contributed by atoms with E-state index in [-0.39, 0.29) is 12.5 Å². The van der Waals surface area contributed by atoms with E-state index in [1.165, 1.54) is 0 Å². The van der Waals surface area contributed by atoms with E-state index in [2.05, 4.69) is 15.3 Å². The van der Waals surface area contributed by atoms with Crippen LogP contribution < -0.4 is 10.1 Å². The molecule has 2 aromatic heterocycles. The molecule has 0 fully saturated rings. The molecule has 1 aromatic carbocycles. The van der Waals surface area contributed by atoms with Gasteiger partial charge in [-0.15, -0.1) is 0 Å². The first-order valence-corrected chi connectivity index (χ1v) is 7.68. The standard InChI is InChI=1S/C17H15ClN4O2/c18-14-5-1-2-6-15(14)24-11-16(23)21-10-13-4-3-7-20-17(13)22-9-8-19-12-22/h1-9,12H,10-11H2,(H,21,23). The van der Waals surface area contributed by atoms with Gasteiger partial charge >= 0.3 is 0 Å². The number of hydrogen-bond acceptors (Lipinski definition) is 4. The Morgan fingerprint density at radius 3 is 2.88 bits per heavy atom. The summed E-state index contributed by atoms with van der Waals surface area (Å²) in [7, 11) is 0. The van der Waals surface area contributed by atoms with E-state index in [1.54, 1.807) is 53.8 Å². The molecule has 1 amide bonds. The normalized spacial score (nSPS) is 10.4. The van der Waals surface area contributed by atoms with Crippen LogP contribution in [0.3, 0.4) is 0 Å². The third-order valence-corrected chi connectivity index (χ3v) is 3.60. The Kier molecular flexibility index (Phi) is 5.08. The fraction of sp³-hybridized carbons (Fsp3) is 0.118. The number of benzene rings is 1. The molecule has 0 aliphatic heterocycles. The third-order valence-electron chi connectivity index (χ3n) is 3.29. The molecule has 122 valence electrons. The first-order chi connectivity index (χ1) is 11.7. The number of rotatable bonds is 6. The molecule has 0 unspecified atom stereocenters. The Labute approximate surface area is 144 Å². The van der Waals surface area contributed by atoms with Crippen molar-refractivity contribution in [2.75, 3.05) is 6.61 Å². The lowest BCUT2D eigenvalue weighted by Crippen LogP contribution is -2.29. The van der Waals surface area contributed by atoms with E-state index >= 15 is 0 Å². The molecule has 0 spiro atoms. The average molecular weight is 343 g/mol. The zero-order valence-electron chi connectivity index (χ0n) is 12.7. The highest BCUT2D eigenvalue weighted by atomic mass is 35.5. The number of ether oxygens (including phenoxy) is 1. The first-order valence-electron chi connectivity index (χ1n) is 7.30. The highest BCUT2D eigenvalue weighted by Gasteiger charge is 2.09. The molecule has 7 heteroatoms. The maximum Gasteiger partial charge on any atom is 0.258 e. The second kappa shape index (κ2) is 7.61. The largest absolute Gasteiger partial charge is 0.482 e. The van der Waals surface area contributed by atoms with Gasteiger partial charge in [0.1, 0.15) is 17.9 Å². The van der Waals surface area contributed by atoms with E-state index in [0.717, 1.165) is 11.4 Å². The number of imidazole rings is 1. The number of amides is 1. The van der Waals surface area contributed by atoms with Gasteiger partial charge in [0.15, 0.2) is 6.61 Å². The van der Waals surface area contributed by atoms with Crippen molar-refractivity contribution < 1.29 is 9.53 Å². The minimum absolute atomic E-state index is 0.107. The average Bonchev–Trinajstić information content (AvgIpc) is 3.14. The number of para-hydroxylation sites is 1. The summed E-state index contributed by atoms with van der Waals surface area (Å²) in [5.41, 5.74) is 0.876. The molecule has 0 bridgehead atoms. The van der Waals surface area contributed by atoms with Crippen LogP contribution in [0.5, 0.6) is 5.75 Å². The van der Waals surface area contributed by atoms with Crippen molar-refractivity contribution in [2.24, 2.45) is 0 Å². The van der Waals surface area contributed by atoms with Crippen molar-refractivity contribution in [2.45, 2.75) is 6.54 Å². The Balaban J connectivity index is 1.58. The number of halogens is 1. The van der Waals surface area contributed by atoms with Crippen molar-refractivity contribution in [3.8, 4) is 11.6 Å². The van der Waals surface area contributed by atoms with E-state index < -0.39 is 0 Å². The maximum atomic E-state index is 12.0. The van der Waals surface area contributed by atoms with Crippen molar-refractivity contribution in [3.63, 3.8) is 0 Å². The van der Waals surface area contributed by atoms with Gasteiger partial charge in [0, 0.05) is 30.7 Å². The Morgan fingerprint density at radius 1 is 1.21 bits per heavy atom. The zero-order valence-corrected chi connectivity index (χ0v) is 13.5. The smallest absolute Gasteiger partial charge is 0.258 e. The summed E-state index contributed by atoms with van der Waals surface area (Å²) in [6.07, 6.45) is 6.83. The number of pyridine rings is 1. The summed E-state index contributed by atoms with van der Waals surface area (Å²) >= 11 is 5.98. The molecular formula is C17H15ClN4O2. The second-order valence-corrected chi connectivity index (χ2v) is 5.36. The summed E-state index contributed by atoms with van der Waals surface area (Å²) in [6.45, 7) is 0.233. The minimum Gasteiger partial charge on any atom is -0.482 e. The van der Waals surface area contributed by atoms with Crippen LogP contribution in [0.25, 0.3) is 5.82 Å². The van der Waals surface area contributed by atoms with E-state index in [1.807, 2.05) is 12.1 Å². The molecule has 1 N–H and O–H groups in total. The van der Waals surface area contributed by atoms with Crippen LogP contribution in [0.15, 0.2) is 61.3 Å².